The number of nitro groups is 1. The van der Waals surface area contributed by atoms with Gasteiger partial charge in [0.1, 0.15) is 11.5 Å². The van der Waals surface area contributed by atoms with Crippen LogP contribution in [0.2, 0.25) is 5.02 Å². The molecule has 0 aliphatic carbocycles. The van der Waals surface area contributed by atoms with E-state index in [4.69, 9.17) is 21.1 Å². The van der Waals surface area contributed by atoms with E-state index in [9.17, 15) is 23.3 Å². The number of carbonyl (C=O) groups excluding carboxylic acids is 1. The standard InChI is InChI=1S/C20H21ClN2O7S/c1-13-10-22(11-14(2)30-13)31(27,28)19-9-16(6-7-18(19)21)20(24)29-12-15-4-3-5-17(8-15)23(25)26/h3-9,13-14H,10-12H2,1-2H3. The Morgan fingerprint density at radius 1 is 1.23 bits per heavy atom. The van der Waals surface area contributed by atoms with Crippen molar-refractivity contribution < 1.29 is 27.6 Å². The fraction of sp³-hybridized carbons (Fsp3) is 0.350. The Hall–Kier alpha value is -2.53. The molecule has 1 heterocycles. The molecule has 1 fully saturated rings. The number of rotatable bonds is 6. The highest BCUT2D eigenvalue weighted by Crippen LogP contribution is 2.28. The summed E-state index contributed by atoms with van der Waals surface area (Å²) in [5, 5.41) is 10.9. The summed E-state index contributed by atoms with van der Waals surface area (Å²) in [6.45, 7) is 3.70. The minimum absolute atomic E-state index is 0.00256. The summed E-state index contributed by atoms with van der Waals surface area (Å²) >= 11 is 6.14. The molecule has 2 atom stereocenters. The maximum atomic E-state index is 13.1. The second-order valence-electron chi connectivity index (χ2n) is 7.23. The molecule has 1 aliphatic rings. The number of hydrogen-bond acceptors (Lipinski definition) is 7. The molecule has 11 heteroatoms. The molecule has 2 aromatic carbocycles. The van der Waals surface area contributed by atoms with Crippen molar-refractivity contribution in [1.29, 1.82) is 0 Å². The van der Waals surface area contributed by atoms with Gasteiger partial charge in [-0.1, -0.05) is 23.7 Å². The SMILES string of the molecule is CC1CN(S(=O)(=O)c2cc(C(=O)OCc3cccc([N+](=O)[O-])c3)ccc2Cl)CC(C)O1. The Bertz CT molecular complexity index is 1100. The van der Waals surface area contributed by atoms with Gasteiger partial charge in [-0.25, -0.2) is 13.2 Å². The van der Waals surface area contributed by atoms with Gasteiger partial charge in [-0.15, -0.1) is 0 Å². The van der Waals surface area contributed by atoms with E-state index < -0.39 is 20.9 Å². The third-order valence-corrected chi connectivity index (χ3v) is 6.98. The van der Waals surface area contributed by atoms with Crippen LogP contribution >= 0.6 is 11.6 Å². The van der Waals surface area contributed by atoms with Crippen LogP contribution < -0.4 is 0 Å². The molecule has 31 heavy (non-hydrogen) atoms. The van der Waals surface area contributed by atoms with E-state index in [1.54, 1.807) is 19.9 Å². The van der Waals surface area contributed by atoms with Gasteiger partial charge in [-0.2, -0.15) is 4.31 Å². The number of esters is 1. The number of carbonyl (C=O) groups is 1. The molecule has 166 valence electrons. The smallest absolute Gasteiger partial charge is 0.338 e. The van der Waals surface area contributed by atoms with E-state index >= 15 is 0 Å². The Kier molecular flexibility index (Phi) is 6.95. The number of morpholine rings is 1. The number of benzene rings is 2. The lowest BCUT2D eigenvalue weighted by Crippen LogP contribution is -2.48. The van der Waals surface area contributed by atoms with Gasteiger partial charge in [0.05, 0.1) is 27.7 Å². The van der Waals surface area contributed by atoms with E-state index in [1.165, 1.54) is 40.7 Å². The van der Waals surface area contributed by atoms with Gasteiger partial charge in [0.2, 0.25) is 10.0 Å². The molecule has 0 spiro atoms. The third kappa shape index (κ3) is 5.40. The van der Waals surface area contributed by atoms with Gasteiger partial charge in [0, 0.05) is 25.2 Å². The summed E-state index contributed by atoms with van der Waals surface area (Å²) < 4.78 is 38.3. The van der Waals surface area contributed by atoms with Crippen LogP contribution in [-0.4, -0.2) is 48.9 Å². The first-order chi connectivity index (χ1) is 14.6. The number of non-ortho nitro benzene ring substituents is 1. The van der Waals surface area contributed by atoms with Crippen molar-refractivity contribution in [3.05, 3.63) is 68.7 Å². The first-order valence-electron chi connectivity index (χ1n) is 9.43. The van der Waals surface area contributed by atoms with Gasteiger partial charge in [0.25, 0.3) is 5.69 Å². The molecule has 2 unspecified atom stereocenters. The van der Waals surface area contributed by atoms with Crippen molar-refractivity contribution >= 4 is 33.3 Å². The van der Waals surface area contributed by atoms with Crippen LogP contribution in [-0.2, 0) is 26.1 Å². The van der Waals surface area contributed by atoms with Crippen molar-refractivity contribution in [2.24, 2.45) is 0 Å². The first kappa shape index (κ1) is 23.1. The van der Waals surface area contributed by atoms with E-state index in [-0.39, 0.29) is 53.1 Å². The number of halogens is 1. The summed E-state index contributed by atoms with van der Waals surface area (Å²) in [5.41, 5.74) is 0.311. The maximum Gasteiger partial charge on any atom is 0.338 e. The average molecular weight is 469 g/mol. The minimum Gasteiger partial charge on any atom is -0.457 e. The molecule has 0 amide bonds. The average Bonchev–Trinajstić information content (AvgIpc) is 2.71. The van der Waals surface area contributed by atoms with Crippen molar-refractivity contribution in [2.75, 3.05) is 13.1 Å². The number of nitrogens with zero attached hydrogens (tertiary/aromatic N) is 2. The maximum absolute atomic E-state index is 13.1. The van der Waals surface area contributed by atoms with E-state index in [2.05, 4.69) is 0 Å². The van der Waals surface area contributed by atoms with Crippen molar-refractivity contribution in [3.63, 3.8) is 0 Å². The van der Waals surface area contributed by atoms with Gasteiger partial charge >= 0.3 is 5.97 Å². The largest absolute Gasteiger partial charge is 0.457 e. The number of ether oxygens (including phenoxy) is 2. The predicted octanol–water partition coefficient (Wildman–Crippen LogP) is 3.40. The lowest BCUT2D eigenvalue weighted by Gasteiger charge is -2.34. The summed E-state index contributed by atoms with van der Waals surface area (Å²) in [7, 11) is -3.96. The van der Waals surface area contributed by atoms with E-state index in [1.807, 2.05) is 0 Å². The van der Waals surface area contributed by atoms with Gasteiger partial charge in [0.15, 0.2) is 0 Å². The molecule has 2 aromatic rings. The Morgan fingerprint density at radius 2 is 1.90 bits per heavy atom. The molecular weight excluding hydrogens is 448 g/mol. The summed E-state index contributed by atoms with van der Waals surface area (Å²) in [5.74, 6) is -0.775. The molecular formula is C20H21ClN2O7S. The van der Waals surface area contributed by atoms with Gasteiger partial charge < -0.3 is 9.47 Å². The van der Waals surface area contributed by atoms with Gasteiger partial charge in [-0.3, -0.25) is 10.1 Å². The Balaban J connectivity index is 1.79. The minimum atomic E-state index is -3.96. The first-order valence-corrected chi connectivity index (χ1v) is 11.3. The molecule has 3 rings (SSSR count). The molecule has 1 saturated heterocycles. The fourth-order valence-electron chi connectivity index (χ4n) is 3.29. The van der Waals surface area contributed by atoms with Crippen LogP contribution in [0.15, 0.2) is 47.4 Å². The second-order valence-corrected chi connectivity index (χ2v) is 9.54. The lowest BCUT2D eigenvalue weighted by atomic mass is 10.2. The summed E-state index contributed by atoms with van der Waals surface area (Å²) in [4.78, 5) is 22.6. The van der Waals surface area contributed by atoms with Crippen molar-refractivity contribution in [3.8, 4) is 0 Å². The quantitative estimate of drug-likeness (QED) is 0.362. The summed E-state index contributed by atoms with van der Waals surface area (Å²) in [6, 6.07) is 9.56. The molecule has 9 nitrogen and oxygen atoms in total. The molecule has 0 N–H and O–H groups in total. The van der Waals surface area contributed by atoms with Crippen LogP contribution in [0.4, 0.5) is 5.69 Å². The van der Waals surface area contributed by atoms with Crippen LogP contribution in [0, 0.1) is 10.1 Å². The predicted molar refractivity (Wildman–Crippen MR) is 112 cm³/mol. The Labute approximate surface area is 184 Å². The molecule has 0 bridgehead atoms. The van der Waals surface area contributed by atoms with Crippen molar-refractivity contribution in [1.82, 2.24) is 4.31 Å². The number of sulfonamides is 1. The van der Waals surface area contributed by atoms with Gasteiger partial charge in [-0.05, 0) is 37.6 Å². The van der Waals surface area contributed by atoms with Crippen LogP contribution in [0.25, 0.3) is 0 Å². The van der Waals surface area contributed by atoms with Crippen LogP contribution in [0.1, 0.15) is 29.8 Å². The van der Waals surface area contributed by atoms with E-state index in [0.29, 0.717) is 5.56 Å². The van der Waals surface area contributed by atoms with Crippen LogP contribution in [0.3, 0.4) is 0 Å². The van der Waals surface area contributed by atoms with Crippen molar-refractivity contribution in [2.45, 2.75) is 37.6 Å². The zero-order valence-corrected chi connectivity index (χ0v) is 18.4. The number of nitro benzene ring substituents is 1. The molecule has 0 radical (unpaired) electrons. The Morgan fingerprint density at radius 3 is 2.55 bits per heavy atom. The normalized spacial score (nSPS) is 19.7. The number of hydrogen-bond donors (Lipinski definition) is 0. The molecule has 1 aliphatic heterocycles. The monoisotopic (exact) mass is 468 g/mol. The lowest BCUT2D eigenvalue weighted by molar-refractivity contribution is -0.384. The summed E-state index contributed by atoms with van der Waals surface area (Å²) in [6.07, 6.45) is -0.555. The zero-order chi connectivity index (χ0) is 22.8. The zero-order valence-electron chi connectivity index (χ0n) is 16.9. The molecule has 0 saturated carbocycles. The molecule has 0 aromatic heterocycles. The topological polar surface area (TPSA) is 116 Å². The second kappa shape index (κ2) is 9.31. The highest BCUT2D eigenvalue weighted by molar-refractivity contribution is 7.89. The fourth-order valence-corrected chi connectivity index (χ4v) is 5.38. The van der Waals surface area contributed by atoms with E-state index in [0.717, 1.165) is 0 Å². The third-order valence-electron chi connectivity index (χ3n) is 4.66. The highest BCUT2D eigenvalue weighted by Gasteiger charge is 2.34. The highest BCUT2D eigenvalue weighted by atomic mass is 35.5. The van der Waals surface area contributed by atoms with Crippen LogP contribution in [0.5, 0.6) is 0 Å².